The molecule has 1 amide bonds. The van der Waals surface area contributed by atoms with Crippen LogP contribution in [0, 0.1) is 3.57 Å². The van der Waals surface area contributed by atoms with Gasteiger partial charge in [0.15, 0.2) is 0 Å². The van der Waals surface area contributed by atoms with Crippen LogP contribution in [0.15, 0.2) is 48.5 Å². The fraction of sp³-hybridized carbons (Fsp3) is 0.188. The van der Waals surface area contributed by atoms with E-state index in [4.69, 9.17) is 9.47 Å². The van der Waals surface area contributed by atoms with Crippen LogP contribution in [0.1, 0.15) is 10.4 Å². The maximum Gasteiger partial charge on any atom is 0.251 e. The molecule has 0 saturated carbocycles. The number of carbonyl (C=O) groups is 1. The second-order valence-corrected chi connectivity index (χ2v) is 5.54. The summed E-state index contributed by atoms with van der Waals surface area (Å²) in [5.74, 6) is 1.37. The van der Waals surface area contributed by atoms with E-state index in [1.807, 2.05) is 30.3 Å². The van der Waals surface area contributed by atoms with Crippen molar-refractivity contribution in [2.24, 2.45) is 0 Å². The molecule has 0 atom stereocenters. The van der Waals surface area contributed by atoms with Crippen molar-refractivity contribution in [1.82, 2.24) is 5.32 Å². The van der Waals surface area contributed by atoms with Crippen molar-refractivity contribution in [2.45, 2.75) is 0 Å². The zero-order valence-corrected chi connectivity index (χ0v) is 13.8. The van der Waals surface area contributed by atoms with E-state index in [1.165, 1.54) is 0 Å². The average Bonchev–Trinajstić information content (AvgIpc) is 2.52. The van der Waals surface area contributed by atoms with E-state index < -0.39 is 0 Å². The van der Waals surface area contributed by atoms with E-state index in [-0.39, 0.29) is 5.91 Å². The lowest BCUT2D eigenvalue weighted by molar-refractivity contribution is 0.0947. The molecule has 0 aliphatic rings. The van der Waals surface area contributed by atoms with E-state index in [1.54, 1.807) is 25.3 Å². The van der Waals surface area contributed by atoms with Crippen molar-refractivity contribution in [3.63, 3.8) is 0 Å². The second kappa shape index (κ2) is 7.87. The molecule has 5 heteroatoms. The monoisotopic (exact) mass is 397 g/mol. The predicted molar refractivity (Wildman–Crippen MR) is 90.0 cm³/mol. The molecule has 2 rings (SSSR count). The normalized spacial score (nSPS) is 10.0. The minimum atomic E-state index is -0.0966. The Bertz CT molecular complexity index is 599. The molecule has 0 bridgehead atoms. The van der Waals surface area contributed by atoms with Gasteiger partial charge >= 0.3 is 0 Å². The van der Waals surface area contributed by atoms with E-state index in [0.29, 0.717) is 18.7 Å². The van der Waals surface area contributed by atoms with Crippen LogP contribution in [0.3, 0.4) is 0 Å². The molecule has 0 spiro atoms. The van der Waals surface area contributed by atoms with Crippen LogP contribution < -0.4 is 14.8 Å². The SMILES string of the molecule is COc1cccc(OCCNC(=O)c2ccc(I)cc2)c1. The minimum absolute atomic E-state index is 0.0966. The van der Waals surface area contributed by atoms with E-state index in [2.05, 4.69) is 27.9 Å². The Morgan fingerprint density at radius 2 is 1.86 bits per heavy atom. The summed E-state index contributed by atoms with van der Waals surface area (Å²) in [6, 6.07) is 14.8. The highest BCUT2D eigenvalue weighted by Crippen LogP contribution is 2.18. The smallest absolute Gasteiger partial charge is 0.251 e. The lowest BCUT2D eigenvalue weighted by Crippen LogP contribution is -2.28. The molecule has 0 fully saturated rings. The molecule has 0 saturated heterocycles. The van der Waals surface area contributed by atoms with E-state index in [0.717, 1.165) is 15.1 Å². The topological polar surface area (TPSA) is 47.6 Å². The molecule has 0 unspecified atom stereocenters. The third kappa shape index (κ3) is 4.93. The first-order valence-corrected chi connectivity index (χ1v) is 7.57. The van der Waals surface area contributed by atoms with Crippen LogP contribution in [0.5, 0.6) is 11.5 Å². The van der Waals surface area contributed by atoms with Crippen molar-refractivity contribution in [2.75, 3.05) is 20.3 Å². The molecule has 110 valence electrons. The second-order valence-electron chi connectivity index (χ2n) is 4.29. The van der Waals surface area contributed by atoms with Gasteiger partial charge in [0, 0.05) is 15.2 Å². The molecule has 1 N–H and O–H groups in total. The Morgan fingerprint density at radius 3 is 2.57 bits per heavy atom. The Labute approximate surface area is 137 Å². The van der Waals surface area contributed by atoms with Gasteiger partial charge < -0.3 is 14.8 Å². The van der Waals surface area contributed by atoms with Crippen LogP contribution >= 0.6 is 22.6 Å². The van der Waals surface area contributed by atoms with Gasteiger partial charge in [-0.15, -0.1) is 0 Å². The van der Waals surface area contributed by atoms with Gasteiger partial charge in [-0.25, -0.2) is 0 Å². The molecule has 0 aliphatic carbocycles. The van der Waals surface area contributed by atoms with Crippen LogP contribution in [0.4, 0.5) is 0 Å². The van der Waals surface area contributed by atoms with Crippen LogP contribution in [-0.2, 0) is 0 Å². The predicted octanol–water partition coefficient (Wildman–Crippen LogP) is 3.11. The molecule has 0 heterocycles. The lowest BCUT2D eigenvalue weighted by atomic mass is 10.2. The highest BCUT2D eigenvalue weighted by molar-refractivity contribution is 14.1. The molecule has 2 aromatic rings. The van der Waals surface area contributed by atoms with Gasteiger partial charge in [0.25, 0.3) is 5.91 Å². The molecule has 2 aromatic carbocycles. The van der Waals surface area contributed by atoms with Crippen LogP contribution in [0.2, 0.25) is 0 Å². The van der Waals surface area contributed by atoms with E-state index >= 15 is 0 Å². The Kier molecular flexibility index (Phi) is 5.86. The number of ether oxygens (including phenoxy) is 2. The summed E-state index contributed by atoms with van der Waals surface area (Å²) in [4.78, 5) is 11.9. The zero-order valence-electron chi connectivity index (χ0n) is 11.6. The van der Waals surface area contributed by atoms with Crippen molar-refractivity contribution in [1.29, 1.82) is 0 Å². The summed E-state index contributed by atoms with van der Waals surface area (Å²) >= 11 is 2.20. The number of hydrogen-bond donors (Lipinski definition) is 1. The van der Waals surface area contributed by atoms with Crippen LogP contribution in [-0.4, -0.2) is 26.2 Å². The fourth-order valence-corrected chi connectivity index (χ4v) is 2.09. The van der Waals surface area contributed by atoms with Gasteiger partial charge in [-0.2, -0.15) is 0 Å². The molecule has 0 radical (unpaired) electrons. The number of amides is 1. The largest absolute Gasteiger partial charge is 0.497 e. The van der Waals surface area contributed by atoms with Crippen molar-refractivity contribution < 1.29 is 14.3 Å². The van der Waals surface area contributed by atoms with Crippen LogP contribution in [0.25, 0.3) is 0 Å². The third-order valence-corrected chi connectivity index (χ3v) is 3.52. The number of halogens is 1. The quantitative estimate of drug-likeness (QED) is 0.602. The van der Waals surface area contributed by atoms with Gasteiger partial charge in [0.05, 0.1) is 13.7 Å². The number of nitrogens with one attached hydrogen (secondary N) is 1. The summed E-state index contributed by atoms with van der Waals surface area (Å²) < 4.78 is 11.8. The number of rotatable bonds is 6. The number of methoxy groups -OCH3 is 1. The van der Waals surface area contributed by atoms with Crippen molar-refractivity contribution >= 4 is 28.5 Å². The van der Waals surface area contributed by atoms with Gasteiger partial charge in [0.2, 0.25) is 0 Å². The fourth-order valence-electron chi connectivity index (χ4n) is 1.73. The molecule has 4 nitrogen and oxygen atoms in total. The van der Waals surface area contributed by atoms with Gasteiger partial charge in [-0.05, 0) is 59.0 Å². The first-order valence-electron chi connectivity index (χ1n) is 6.49. The minimum Gasteiger partial charge on any atom is -0.497 e. The molecule has 21 heavy (non-hydrogen) atoms. The maximum atomic E-state index is 11.9. The van der Waals surface area contributed by atoms with E-state index in [9.17, 15) is 4.79 Å². The van der Waals surface area contributed by atoms with Crippen molar-refractivity contribution in [3.05, 3.63) is 57.7 Å². The molecular weight excluding hydrogens is 381 g/mol. The van der Waals surface area contributed by atoms with Gasteiger partial charge in [0.1, 0.15) is 18.1 Å². The van der Waals surface area contributed by atoms with Crippen molar-refractivity contribution in [3.8, 4) is 11.5 Å². The lowest BCUT2D eigenvalue weighted by Gasteiger charge is -2.09. The van der Waals surface area contributed by atoms with Gasteiger partial charge in [-0.3, -0.25) is 4.79 Å². The first kappa shape index (κ1) is 15.6. The third-order valence-electron chi connectivity index (χ3n) is 2.80. The highest BCUT2D eigenvalue weighted by Gasteiger charge is 2.04. The number of hydrogen-bond acceptors (Lipinski definition) is 3. The number of carbonyl (C=O) groups excluding carboxylic acids is 1. The average molecular weight is 397 g/mol. The summed E-state index contributed by atoms with van der Waals surface area (Å²) in [7, 11) is 1.61. The standard InChI is InChI=1S/C16H16INO3/c1-20-14-3-2-4-15(11-14)21-10-9-18-16(19)12-5-7-13(17)8-6-12/h2-8,11H,9-10H2,1H3,(H,18,19). The summed E-state index contributed by atoms with van der Waals surface area (Å²) in [5.41, 5.74) is 0.650. The summed E-state index contributed by atoms with van der Waals surface area (Å²) in [5, 5.41) is 2.82. The Balaban J connectivity index is 1.76. The summed E-state index contributed by atoms with van der Waals surface area (Å²) in [6.45, 7) is 0.852. The molecule has 0 aromatic heterocycles. The Morgan fingerprint density at radius 1 is 1.14 bits per heavy atom. The summed E-state index contributed by atoms with van der Waals surface area (Å²) in [6.07, 6.45) is 0. The number of benzene rings is 2. The highest BCUT2D eigenvalue weighted by atomic mass is 127. The first-order chi connectivity index (χ1) is 10.2. The molecular formula is C16H16INO3. The Hall–Kier alpha value is -1.76. The zero-order chi connectivity index (χ0) is 15.1. The maximum absolute atomic E-state index is 11.9. The van der Waals surface area contributed by atoms with Gasteiger partial charge in [-0.1, -0.05) is 6.07 Å². The molecule has 0 aliphatic heterocycles.